The molecule has 2 unspecified atom stereocenters. The number of phenolic OH excluding ortho intramolecular Hbond substituents is 1. The molecular weight excluding hydrogens is 1120 g/mol. The largest absolute Gasteiger partial charge is 0.508 e. The maximum absolute atomic E-state index is 15.1. The number of aliphatic carboxylic acids is 1. The van der Waals surface area contributed by atoms with Crippen molar-refractivity contribution in [1.82, 2.24) is 47.4 Å². The molecule has 6 rings (SSSR count). The van der Waals surface area contributed by atoms with Crippen LogP contribution in [0.1, 0.15) is 53.2 Å². The molecular formula is C58H69N11O13S2. The van der Waals surface area contributed by atoms with Crippen LogP contribution in [0.4, 0.5) is 4.79 Å². The van der Waals surface area contributed by atoms with E-state index in [1.807, 2.05) is 12.1 Å². The van der Waals surface area contributed by atoms with Crippen molar-refractivity contribution in [2.24, 2.45) is 11.5 Å². The number of hydrogen-bond acceptors (Lipinski definition) is 15. The first-order chi connectivity index (χ1) is 40.2. The minimum Gasteiger partial charge on any atom is -0.508 e. The number of aromatic hydroxyl groups is 1. The van der Waals surface area contributed by atoms with Gasteiger partial charge in [0.2, 0.25) is 35.4 Å². The van der Waals surface area contributed by atoms with E-state index in [0.717, 1.165) is 31.9 Å². The third-order valence-corrected chi connectivity index (χ3v) is 15.9. The van der Waals surface area contributed by atoms with Crippen LogP contribution in [0.5, 0.6) is 5.75 Å². The number of likely N-dealkylation sites (N-methyl/N-ethyl adjacent to an activating group) is 1. The molecule has 1 aliphatic heterocycles. The zero-order valence-corrected chi connectivity index (χ0v) is 47.7. The number of phenols is 1. The number of unbranched alkanes of at least 4 members (excludes halogenated alkanes) is 1. The number of carboxylic acids is 1. The maximum Gasteiger partial charge on any atom is 0.327 e. The lowest BCUT2D eigenvalue weighted by Gasteiger charge is -2.32. The van der Waals surface area contributed by atoms with Gasteiger partial charge in [-0.05, 0) is 84.5 Å². The Bertz CT molecular complexity index is 3130. The normalized spacial score (nSPS) is 22.3. The van der Waals surface area contributed by atoms with Gasteiger partial charge in [0.05, 0.1) is 6.10 Å². The van der Waals surface area contributed by atoms with Gasteiger partial charge < -0.3 is 74.2 Å². The van der Waals surface area contributed by atoms with Crippen molar-refractivity contribution >= 4 is 91.6 Å². The summed E-state index contributed by atoms with van der Waals surface area (Å²) in [7, 11) is 3.03. The van der Waals surface area contributed by atoms with E-state index in [-0.39, 0.29) is 61.5 Å². The number of nitrogens with zero attached hydrogens (tertiary/aromatic N) is 1. The van der Waals surface area contributed by atoms with Gasteiger partial charge in [-0.1, -0.05) is 125 Å². The van der Waals surface area contributed by atoms with Crippen molar-refractivity contribution in [2.75, 3.05) is 25.1 Å². The Morgan fingerprint density at radius 1 is 0.595 bits per heavy atom. The molecule has 0 aromatic heterocycles. The molecule has 5 aromatic rings. The summed E-state index contributed by atoms with van der Waals surface area (Å²) in [5, 5.41) is 53.3. The first-order valence-electron chi connectivity index (χ1n) is 26.9. The number of primary amides is 1. The molecule has 0 spiro atoms. The van der Waals surface area contributed by atoms with E-state index >= 15 is 9.59 Å². The predicted molar refractivity (Wildman–Crippen MR) is 315 cm³/mol. The van der Waals surface area contributed by atoms with Crippen molar-refractivity contribution < 1.29 is 63.3 Å². The molecule has 5 aromatic carbocycles. The fourth-order valence-corrected chi connectivity index (χ4v) is 11.2. The fraction of sp³-hybridized carbons (Fsp3) is 0.345. The number of carbonyl (C=O) groups excluding carboxylic acids is 9. The molecule has 84 heavy (non-hydrogen) atoms. The van der Waals surface area contributed by atoms with E-state index in [2.05, 4.69) is 42.5 Å². The van der Waals surface area contributed by atoms with Crippen LogP contribution in [0.15, 0.2) is 127 Å². The SMILES string of the molecule is C[C@@H](O)[C@@H]1NC(=O)[C@H](CCCCN)NC(=O)C(N(C)C(=O)c2ccc3ccccc3c2)NC(=O)[C@H](Cc2ccc(O)cc2)NC(=O)[C@H](Cc2ccccc2)NC(=O)[C@H](NC(N)=O)CSSC[C@@H](C(=O)O)NC(=O)C(Cc2ccccc2)NC1=O. The number of fused-ring (bicyclic) bond motifs is 1. The summed E-state index contributed by atoms with van der Waals surface area (Å²) in [5.74, 6) is -10.1. The highest BCUT2D eigenvalue weighted by Crippen LogP contribution is 2.24. The van der Waals surface area contributed by atoms with Crippen LogP contribution in [-0.4, -0.2) is 159 Å². The van der Waals surface area contributed by atoms with Crippen LogP contribution in [0.3, 0.4) is 0 Å². The van der Waals surface area contributed by atoms with Gasteiger partial charge >= 0.3 is 12.0 Å². The van der Waals surface area contributed by atoms with Gasteiger partial charge in [-0.25, -0.2) is 9.59 Å². The average molecular weight is 1190 g/mol. The summed E-state index contributed by atoms with van der Waals surface area (Å²) in [6.45, 7) is 1.36. The Balaban J connectivity index is 1.46. The monoisotopic (exact) mass is 1190 g/mol. The van der Waals surface area contributed by atoms with E-state index in [1.54, 1.807) is 84.9 Å². The lowest BCUT2D eigenvalue weighted by molar-refractivity contribution is -0.141. The van der Waals surface area contributed by atoms with Gasteiger partial charge in [-0.2, -0.15) is 0 Å². The molecule has 0 aliphatic carbocycles. The summed E-state index contributed by atoms with van der Waals surface area (Å²) in [6.07, 6.45) is -3.89. The molecule has 9 atom stereocenters. The van der Waals surface area contributed by atoms with Crippen molar-refractivity contribution in [1.29, 1.82) is 0 Å². The molecule has 15 N–H and O–H groups in total. The Morgan fingerprint density at radius 3 is 1.67 bits per heavy atom. The van der Waals surface area contributed by atoms with E-state index in [0.29, 0.717) is 28.5 Å². The van der Waals surface area contributed by atoms with E-state index in [9.17, 15) is 53.7 Å². The zero-order chi connectivity index (χ0) is 60.9. The Labute approximate surface area is 492 Å². The number of nitrogens with one attached hydrogen (secondary N) is 8. The number of hydrogen-bond donors (Lipinski definition) is 13. The number of carboxylic acid groups (broad SMARTS) is 1. The van der Waals surface area contributed by atoms with E-state index < -0.39 is 114 Å². The van der Waals surface area contributed by atoms with Crippen LogP contribution < -0.4 is 54.0 Å². The summed E-state index contributed by atoms with van der Waals surface area (Å²) >= 11 is 0. The number of urea groups is 1. The predicted octanol–water partition coefficient (Wildman–Crippen LogP) is 0.723. The number of aliphatic hydroxyl groups is 1. The lowest BCUT2D eigenvalue weighted by Crippen LogP contribution is -2.64. The molecule has 1 fully saturated rings. The number of benzene rings is 5. The Morgan fingerprint density at radius 2 is 1.10 bits per heavy atom. The highest BCUT2D eigenvalue weighted by molar-refractivity contribution is 8.76. The van der Waals surface area contributed by atoms with Crippen LogP contribution in [0.2, 0.25) is 0 Å². The highest BCUT2D eigenvalue weighted by atomic mass is 33.1. The van der Waals surface area contributed by atoms with Crippen molar-refractivity contribution in [2.45, 2.75) is 100 Å². The third kappa shape index (κ3) is 19.2. The second kappa shape index (κ2) is 31.6. The molecule has 1 aliphatic rings. The first kappa shape index (κ1) is 64.4. The second-order valence-corrected chi connectivity index (χ2v) is 22.5. The van der Waals surface area contributed by atoms with E-state index in [1.165, 1.54) is 44.3 Å². The van der Waals surface area contributed by atoms with Crippen molar-refractivity contribution in [3.05, 3.63) is 150 Å². The number of carbonyl (C=O) groups is 10. The molecule has 1 heterocycles. The van der Waals surface area contributed by atoms with E-state index in [4.69, 9.17) is 11.5 Å². The Hall–Kier alpha value is -8.72. The summed E-state index contributed by atoms with van der Waals surface area (Å²) in [4.78, 5) is 143. The number of aliphatic hydroxyl groups excluding tert-OH is 1. The smallest absolute Gasteiger partial charge is 0.327 e. The van der Waals surface area contributed by atoms with Crippen LogP contribution >= 0.6 is 21.6 Å². The van der Waals surface area contributed by atoms with Crippen molar-refractivity contribution in [3.8, 4) is 5.75 Å². The van der Waals surface area contributed by atoms with Crippen LogP contribution in [0, 0.1) is 0 Å². The molecule has 446 valence electrons. The van der Waals surface area contributed by atoms with Gasteiger partial charge in [0.15, 0.2) is 6.17 Å². The topological polar surface area (TPSA) is 383 Å². The van der Waals surface area contributed by atoms with Gasteiger partial charge in [-0.15, -0.1) is 0 Å². The van der Waals surface area contributed by atoms with Gasteiger partial charge in [0.1, 0.15) is 48.0 Å². The minimum atomic E-state index is -1.97. The van der Waals surface area contributed by atoms with Crippen molar-refractivity contribution in [3.63, 3.8) is 0 Å². The van der Waals surface area contributed by atoms with Gasteiger partial charge in [0, 0.05) is 43.4 Å². The molecule has 24 nitrogen and oxygen atoms in total. The number of amides is 10. The third-order valence-electron chi connectivity index (χ3n) is 13.5. The van der Waals surface area contributed by atoms with Crippen LogP contribution in [-0.2, 0) is 57.6 Å². The molecule has 0 radical (unpaired) electrons. The highest BCUT2D eigenvalue weighted by Gasteiger charge is 2.38. The quantitative estimate of drug-likeness (QED) is 0.0507. The summed E-state index contributed by atoms with van der Waals surface area (Å²) in [6, 6.07) is 22.2. The molecule has 1 saturated heterocycles. The molecule has 26 heteroatoms. The lowest BCUT2D eigenvalue weighted by atomic mass is 10.0. The molecule has 0 bridgehead atoms. The molecule has 0 saturated carbocycles. The first-order valence-corrected chi connectivity index (χ1v) is 29.4. The van der Waals surface area contributed by atoms with Crippen LogP contribution in [0.25, 0.3) is 10.8 Å². The second-order valence-electron chi connectivity index (χ2n) is 19.9. The summed E-state index contributed by atoms with van der Waals surface area (Å²) < 4.78 is 0. The minimum absolute atomic E-state index is 0.0876. The molecule has 10 amide bonds. The number of rotatable bonds is 15. The standard InChI is InChI=1S/C58H69N11O13S2/c1-33(70)47-54(77)64-43(28-35-15-7-4-8-16-35)51(74)65-46(57(80)81)32-84-83-31-45(66-58(60)82)53(76)63-42(27-34-13-5-3-6-14-34)50(73)62-44(29-36-20-24-40(71)25-21-36)52(75)68-48(55(78)61-41(49(72)67-47)19-11-12-26-59)69(2)56(79)39-23-22-37-17-9-10-18-38(37)30-39/h3-10,13-18,20-25,30,33,41-48,70-71H,11-12,19,26-29,31-32,59H2,1-2H3,(H,61,78)(H,62,73)(H,63,76)(H,64,77)(H,65,74)(H,67,72)(H,68,75)(H,80,81)(H3,60,66,82)/t33-,41+,42+,43?,44+,45-,46+,47+,48?/m1/s1. The van der Waals surface area contributed by atoms with Gasteiger partial charge in [-0.3, -0.25) is 38.4 Å². The summed E-state index contributed by atoms with van der Waals surface area (Å²) in [5.41, 5.74) is 12.9. The maximum atomic E-state index is 15.1. The number of nitrogens with two attached hydrogens (primary N) is 2. The fourth-order valence-electron chi connectivity index (χ4n) is 8.92. The average Bonchev–Trinajstić information content (AvgIpc) is 3.43. The van der Waals surface area contributed by atoms with Gasteiger partial charge in [0.25, 0.3) is 11.8 Å². The Kier molecular flexibility index (Phi) is 24.3. The zero-order valence-electron chi connectivity index (χ0n) is 46.0.